The summed E-state index contributed by atoms with van der Waals surface area (Å²) in [4.78, 5) is 12.2. The number of fused-ring (bicyclic) bond motifs is 1. The number of rotatable bonds is 8. The molecule has 2 heterocycles. The van der Waals surface area contributed by atoms with E-state index in [-0.39, 0.29) is 6.54 Å². The van der Waals surface area contributed by atoms with Crippen LogP contribution in [0.5, 0.6) is 0 Å². The smallest absolute Gasteiger partial charge is 0.301 e. The monoisotopic (exact) mass is 429 g/mol. The first-order valence-electron chi connectivity index (χ1n) is 9.83. The van der Waals surface area contributed by atoms with Gasteiger partial charge in [0.05, 0.1) is 11.2 Å². The molecule has 0 aliphatic rings. The molecule has 3 aromatic rings. The second-order valence-corrected chi connectivity index (χ2v) is 8.74. The molecular weight excluding hydrogens is 402 g/mol. The Kier molecular flexibility index (Phi) is 6.42. The molecule has 3 rings (SSSR count). The summed E-state index contributed by atoms with van der Waals surface area (Å²) in [6.07, 6.45) is 6.32. The van der Waals surface area contributed by atoms with Gasteiger partial charge in [-0.25, -0.2) is 4.72 Å². The maximum atomic E-state index is 12.2. The zero-order valence-electron chi connectivity index (χ0n) is 17.6. The Morgan fingerprint density at radius 1 is 1.23 bits per heavy atom. The van der Waals surface area contributed by atoms with Gasteiger partial charge in [0.1, 0.15) is 5.82 Å². The summed E-state index contributed by atoms with van der Waals surface area (Å²) in [6.45, 7) is 6.14. The van der Waals surface area contributed by atoms with Gasteiger partial charge in [0.2, 0.25) is 0 Å². The molecule has 0 aliphatic heterocycles. The third-order valence-corrected chi connectivity index (χ3v) is 5.82. The molecule has 0 saturated carbocycles. The van der Waals surface area contributed by atoms with Gasteiger partial charge in [-0.2, -0.15) is 18.2 Å². The molecule has 2 N–H and O–H groups in total. The third kappa shape index (κ3) is 4.80. The summed E-state index contributed by atoms with van der Waals surface area (Å²) in [5.74, 6) is 0.0699. The molecule has 1 aromatic carbocycles. The van der Waals surface area contributed by atoms with Crippen molar-refractivity contribution < 1.29 is 13.2 Å². The van der Waals surface area contributed by atoms with E-state index in [0.29, 0.717) is 6.42 Å². The first kappa shape index (κ1) is 21.8. The fourth-order valence-electron chi connectivity index (χ4n) is 3.33. The highest BCUT2D eigenvalue weighted by molar-refractivity contribution is 7.88. The van der Waals surface area contributed by atoms with Gasteiger partial charge in [-0.1, -0.05) is 25.0 Å². The number of aromatic nitrogens is 3. The number of nitrogens with one attached hydrogen (secondary N) is 2. The van der Waals surface area contributed by atoms with Gasteiger partial charge in [-0.05, 0) is 44.5 Å². The molecule has 1 amide bonds. The van der Waals surface area contributed by atoms with Crippen molar-refractivity contribution in [3.05, 3.63) is 53.4 Å². The molecule has 0 aliphatic carbocycles. The molecule has 0 fully saturated rings. The number of carbonyl (C=O) groups is 1. The molecule has 8 nitrogen and oxygen atoms in total. The Balaban J connectivity index is 1.88. The molecule has 0 saturated heterocycles. The van der Waals surface area contributed by atoms with Gasteiger partial charge in [-0.15, -0.1) is 0 Å². The maximum Gasteiger partial charge on any atom is 0.301 e. The number of unbranched alkanes of at least 4 members (excludes halogenated alkanes) is 1. The highest BCUT2D eigenvalue weighted by Crippen LogP contribution is 2.26. The molecule has 160 valence electrons. The Morgan fingerprint density at radius 3 is 2.73 bits per heavy atom. The van der Waals surface area contributed by atoms with E-state index in [1.165, 1.54) is 11.6 Å². The van der Waals surface area contributed by atoms with Crippen molar-refractivity contribution in [1.82, 2.24) is 23.8 Å². The summed E-state index contributed by atoms with van der Waals surface area (Å²) in [5.41, 5.74) is 3.66. The van der Waals surface area contributed by atoms with Crippen LogP contribution in [0.4, 0.5) is 0 Å². The zero-order valence-corrected chi connectivity index (χ0v) is 18.5. The molecule has 0 spiro atoms. The predicted octanol–water partition coefficient (Wildman–Crippen LogP) is 2.74. The number of hydrogen-bond donors (Lipinski definition) is 2. The quantitative estimate of drug-likeness (QED) is 0.425. The second kappa shape index (κ2) is 8.85. The SMILES string of the molecule is CCCCNS(=O)(=O)NC(=O)C=Cc1c(C)nn(C)c1-n1ccc2cc(C)ccc21. The van der Waals surface area contributed by atoms with E-state index < -0.39 is 16.1 Å². The molecule has 0 radical (unpaired) electrons. The number of benzene rings is 1. The van der Waals surface area contributed by atoms with Gasteiger partial charge in [-0.3, -0.25) is 9.48 Å². The number of aryl methyl sites for hydroxylation is 3. The topological polar surface area (TPSA) is 98.0 Å². The van der Waals surface area contributed by atoms with E-state index >= 15 is 0 Å². The second-order valence-electron chi connectivity index (χ2n) is 7.25. The average Bonchev–Trinajstić information content (AvgIpc) is 3.18. The summed E-state index contributed by atoms with van der Waals surface area (Å²) in [7, 11) is -2.04. The predicted molar refractivity (Wildman–Crippen MR) is 119 cm³/mol. The lowest BCUT2D eigenvalue weighted by molar-refractivity contribution is -0.114. The van der Waals surface area contributed by atoms with Crippen molar-refractivity contribution in [3.63, 3.8) is 0 Å². The van der Waals surface area contributed by atoms with E-state index in [1.807, 2.05) is 61.5 Å². The molecule has 0 bridgehead atoms. The van der Waals surface area contributed by atoms with Crippen molar-refractivity contribution >= 4 is 33.1 Å². The van der Waals surface area contributed by atoms with E-state index in [1.54, 1.807) is 10.8 Å². The largest absolute Gasteiger partial charge is 0.301 e. The van der Waals surface area contributed by atoms with E-state index in [9.17, 15) is 13.2 Å². The molecule has 2 aromatic heterocycles. The zero-order chi connectivity index (χ0) is 21.9. The van der Waals surface area contributed by atoms with Crippen LogP contribution in [-0.4, -0.2) is 35.2 Å². The van der Waals surface area contributed by atoms with Crippen LogP contribution in [-0.2, 0) is 22.1 Å². The number of nitrogens with zero attached hydrogens (tertiary/aromatic N) is 3. The van der Waals surface area contributed by atoms with Crippen LogP contribution in [0.25, 0.3) is 22.8 Å². The fourth-order valence-corrected chi connectivity index (χ4v) is 4.15. The Hall–Kier alpha value is -2.91. The van der Waals surface area contributed by atoms with Crippen LogP contribution in [0.15, 0.2) is 36.5 Å². The summed E-state index contributed by atoms with van der Waals surface area (Å²) in [5, 5.41) is 5.58. The highest BCUT2D eigenvalue weighted by Gasteiger charge is 2.16. The average molecular weight is 430 g/mol. The minimum absolute atomic E-state index is 0.287. The van der Waals surface area contributed by atoms with Crippen molar-refractivity contribution in [2.75, 3.05) is 6.54 Å². The molecule has 30 heavy (non-hydrogen) atoms. The van der Waals surface area contributed by atoms with Crippen LogP contribution in [0.1, 0.15) is 36.6 Å². The minimum Gasteiger partial charge on any atom is -0.301 e. The third-order valence-electron chi connectivity index (χ3n) is 4.77. The molecule has 0 unspecified atom stereocenters. The van der Waals surface area contributed by atoms with Crippen molar-refractivity contribution in [3.8, 4) is 5.82 Å². The van der Waals surface area contributed by atoms with Gasteiger partial charge < -0.3 is 4.57 Å². The van der Waals surface area contributed by atoms with Crippen LogP contribution < -0.4 is 9.44 Å². The van der Waals surface area contributed by atoms with Gasteiger partial charge in [0.25, 0.3) is 5.91 Å². The minimum atomic E-state index is -3.88. The highest BCUT2D eigenvalue weighted by atomic mass is 32.2. The van der Waals surface area contributed by atoms with Crippen LogP contribution >= 0.6 is 0 Å². The first-order chi connectivity index (χ1) is 14.2. The maximum absolute atomic E-state index is 12.2. The number of carbonyl (C=O) groups excluding carboxylic acids is 1. The molecule has 9 heteroatoms. The van der Waals surface area contributed by atoms with Crippen LogP contribution in [0.2, 0.25) is 0 Å². The van der Waals surface area contributed by atoms with Crippen molar-refractivity contribution in [1.29, 1.82) is 0 Å². The van der Waals surface area contributed by atoms with Crippen LogP contribution in [0, 0.1) is 13.8 Å². The summed E-state index contributed by atoms with van der Waals surface area (Å²) >= 11 is 0. The van der Waals surface area contributed by atoms with E-state index in [4.69, 9.17) is 0 Å². The standard InChI is InChI=1S/C21H27N5O3S/c1-5-6-12-22-30(28,29)24-20(27)10-8-18-16(3)23-25(4)21(18)26-13-11-17-14-15(2)7-9-19(17)26/h7-11,13-14,22H,5-6,12H2,1-4H3,(H,24,27). The number of hydrogen-bond acceptors (Lipinski definition) is 4. The first-order valence-corrected chi connectivity index (χ1v) is 11.3. The lowest BCUT2D eigenvalue weighted by atomic mass is 10.2. The summed E-state index contributed by atoms with van der Waals surface area (Å²) < 4.78 is 32.0. The number of amides is 1. The lowest BCUT2D eigenvalue weighted by Gasteiger charge is -2.08. The molecular formula is C21H27N5O3S. The van der Waals surface area contributed by atoms with Crippen molar-refractivity contribution in [2.45, 2.75) is 33.6 Å². The Bertz CT molecular complexity index is 1200. The van der Waals surface area contributed by atoms with Gasteiger partial charge in [0, 0.05) is 36.8 Å². The van der Waals surface area contributed by atoms with E-state index in [2.05, 4.69) is 15.9 Å². The fraction of sp³-hybridized carbons (Fsp3) is 0.333. The van der Waals surface area contributed by atoms with Gasteiger partial charge >= 0.3 is 10.2 Å². The lowest BCUT2D eigenvalue weighted by Crippen LogP contribution is -2.39. The van der Waals surface area contributed by atoms with Crippen molar-refractivity contribution in [2.24, 2.45) is 7.05 Å². The molecule has 0 atom stereocenters. The Morgan fingerprint density at radius 2 is 2.00 bits per heavy atom. The normalized spacial score (nSPS) is 12.1. The summed E-state index contributed by atoms with van der Waals surface area (Å²) in [6, 6.07) is 8.22. The van der Waals surface area contributed by atoms with Crippen LogP contribution in [0.3, 0.4) is 0 Å². The van der Waals surface area contributed by atoms with Gasteiger partial charge in [0.15, 0.2) is 0 Å². The Labute approximate surface area is 176 Å². The van der Waals surface area contributed by atoms with E-state index in [0.717, 1.165) is 34.4 Å².